The zero-order valence-electron chi connectivity index (χ0n) is 10.3. The van der Waals surface area contributed by atoms with Gasteiger partial charge in [-0.05, 0) is 26.0 Å². The summed E-state index contributed by atoms with van der Waals surface area (Å²) in [6, 6.07) is 4.40. The predicted octanol–water partition coefficient (Wildman–Crippen LogP) is 4.62. The molecule has 0 saturated carbocycles. The van der Waals surface area contributed by atoms with Gasteiger partial charge in [-0.15, -0.1) is 0 Å². The molecule has 0 N–H and O–H groups in total. The van der Waals surface area contributed by atoms with E-state index in [-0.39, 0.29) is 17.0 Å². The summed E-state index contributed by atoms with van der Waals surface area (Å²) < 4.78 is 39.3. The molecule has 6 heteroatoms. The van der Waals surface area contributed by atoms with E-state index in [9.17, 15) is 18.0 Å². The average molecular weight is 290 g/mol. The minimum absolute atomic E-state index is 0.0734. The molecule has 0 aliphatic carbocycles. The van der Waals surface area contributed by atoms with Crippen LogP contribution in [0.25, 0.3) is 10.9 Å². The Morgan fingerprint density at radius 3 is 2.47 bits per heavy atom. The third kappa shape index (κ3) is 2.47. The van der Waals surface area contributed by atoms with Gasteiger partial charge in [0.2, 0.25) is 0 Å². The number of aromatic nitrogens is 1. The molecule has 1 aromatic carbocycles. The van der Waals surface area contributed by atoms with Crippen LogP contribution in [0.4, 0.5) is 13.2 Å². The molecule has 0 bridgehead atoms. The largest absolute Gasteiger partial charge is 0.454 e. The molecule has 0 aliphatic heterocycles. The summed E-state index contributed by atoms with van der Waals surface area (Å²) in [5.74, 6) is -1.83. The molecule has 0 radical (unpaired) electrons. The Labute approximate surface area is 112 Å². The van der Waals surface area contributed by atoms with Crippen LogP contribution in [-0.4, -0.2) is 16.5 Å². The summed E-state index contributed by atoms with van der Waals surface area (Å²) >= 11 is 5.85. The molecule has 0 unspecified atom stereocenters. The third-order valence-corrected chi connectivity index (χ3v) is 3.09. The van der Waals surface area contributed by atoms with Gasteiger partial charge in [-0.25, -0.2) is 0 Å². The highest BCUT2D eigenvalue weighted by Crippen LogP contribution is 2.31. The number of rotatable bonds is 2. The maximum absolute atomic E-state index is 12.6. The Morgan fingerprint density at radius 1 is 1.32 bits per heavy atom. The first-order chi connectivity index (χ1) is 8.71. The molecule has 1 heterocycles. The van der Waals surface area contributed by atoms with Crippen LogP contribution in [0.5, 0.6) is 0 Å². The highest BCUT2D eigenvalue weighted by molar-refractivity contribution is 6.31. The predicted molar refractivity (Wildman–Crippen MR) is 67.7 cm³/mol. The van der Waals surface area contributed by atoms with Crippen LogP contribution in [0.15, 0.2) is 24.4 Å². The average Bonchev–Trinajstić information content (AvgIpc) is 2.65. The van der Waals surface area contributed by atoms with E-state index < -0.39 is 12.0 Å². The van der Waals surface area contributed by atoms with E-state index in [4.69, 9.17) is 11.6 Å². The molecule has 0 saturated heterocycles. The number of hydrogen-bond acceptors (Lipinski definition) is 1. The maximum Gasteiger partial charge on any atom is 0.454 e. The van der Waals surface area contributed by atoms with Crippen LogP contribution in [0.1, 0.15) is 30.2 Å². The van der Waals surface area contributed by atoms with Gasteiger partial charge in [0.25, 0.3) is 5.78 Å². The van der Waals surface area contributed by atoms with E-state index in [1.807, 2.05) is 13.8 Å². The number of Topliss-reactive ketones (excluding diaryl/α,β-unsaturated/α-hetero) is 1. The number of alkyl halides is 3. The second-order valence-corrected chi connectivity index (χ2v) is 4.97. The van der Waals surface area contributed by atoms with Gasteiger partial charge in [-0.2, -0.15) is 13.2 Å². The zero-order chi connectivity index (χ0) is 14.4. The van der Waals surface area contributed by atoms with Crippen LogP contribution >= 0.6 is 11.6 Å². The van der Waals surface area contributed by atoms with Gasteiger partial charge < -0.3 is 4.57 Å². The first-order valence-corrected chi connectivity index (χ1v) is 6.01. The summed E-state index contributed by atoms with van der Waals surface area (Å²) in [6.45, 7) is 3.64. The summed E-state index contributed by atoms with van der Waals surface area (Å²) in [4.78, 5) is 11.4. The third-order valence-electron chi connectivity index (χ3n) is 2.85. The normalized spacial score (nSPS) is 12.4. The first kappa shape index (κ1) is 13.9. The molecule has 2 rings (SSSR count). The molecule has 0 fully saturated rings. The van der Waals surface area contributed by atoms with E-state index in [0.29, 0.717) is 10.5 Å². The minimum Gasteiger partial charge on any atom is -0.344 e. The molecule has 2 aromatic rings. The number of benzene rings is 1. The Hall–Kier alpha value is -1.49. The molecule has 0 spiro atoms. The first-order valence-electron chi connectivity index (χ1n) is 5.63. The summed E-state index contributed by atoms with van der Waals surface area (Å²) in [5, 5.41) is 0.680. The number of ketones is 1. The van der Waals surface area contributed by atoms with Crippen molar-refractivity contribution in [2.45, 2.75) is 26.1 Å². The van der Waals surface area contributed by atoms with E-state index in [1.165, 1.54) is 18.3 Å². The number of hydrogen-bond donors (Lipinski definition) is 0. The number of nitrogens with zero attached hydrogens (tertiary/aromatic N) is 1. The molecular weight excluding hydrogens is 279 g/mol. The second kappa shape index (κ2) is 4.56. The van der Waals surface area contributed by atoms with Gasteiger partial charge in [0.1, 0.15) is 0 Å². The van der Waals surface area contributed by atoms with Gasteiger partial charge in [0, 0.05) is 22.6 Å². The molecule has 0 amide bonds. The summed E-state index contributed by atoms with van der Waals surface area (Å²) in [7, 11) is 0. The minimum atomic E-state index is -4.88. The van der Waals surface area contributed by atoms with E-state index >= 15 is 0 Å². The number of fused-ring (bicyclic) bond motifs is 1. The molecule has 102 valence electrons. The van der Waals surface area contributed by atoms with Crippen molar-refractivity contribution in [1.29, 1.82) is 0 Å². The molecule has 2 nitrogen and oxygen atoms in total. The van der Waals surface area contributed by atoms with Crippen LogP contribution in [0.3, 0.4) is 0 Å². The fourth-order valence-electron chi connectivity index (χ4n) is 1.99. The fourth-order valence-corrected chi connectivity index (χ4v) is 2.15. The highest BCUT2D eigenvalue weighted by atomic mass is 35.5. The van der Waals surface area contributed by atoms with Crippen molar-refractivity contribution >= 4 is 28.3 Å². The van der Waals surface area contributed by atoms with Crippen molar-refractivity contribution in [1.82, 2.24) is 4.57 Å². The van der Waals surface area contributed by atoms with Gasteiger partial charge >= 0.3 is 6.18 Å². The van der Waals surface area contributed by atoms with E-state index in [2.05, 4.69) is 0 Å². The van der Waals surface area contributed by atoms with Gasteiger partial charge in [0.05, 0.1) is 11.1 Å². The van der Waals surface area contributed by atoms with Crippen molar-refractivity contribution < 1.29 is 18.0 Å². The Balaban J connectivity index is 2.73. The quantitative estimate of drug-likeness (QED) is 0.739. The smallest absolute Gasteiger partial charge is 0.344 e. The highest BCUT2D eigenvalue weighted by Gasteiger charge is 2.40. The molecule has 0 atom stereocenters. The second-order valence-electron chi connectivity index (χ2n) is 4.53. The lowest BCUT2D eigenvalue weighted by molar-refractivity contribution is -0.0884. The molecule has 1 aromatic heterocycles. The molecule has 19 heavy (non-hydrogen) atoms. The lowest BCUT2D eigenvalue weighted by Crippen LogP contribution is -2.22. The topological polar surface area (TPSA) is 22.0 Å². The number of carbonyl (C=O) groups is 1. The van der Waals surface area contributed by atoms with Crippen molar-refractivity contribution in [3.8, 4) is 0 Å². The van der Waals surface area contributed by atoms with Crippen molar-refractivity contribution in [2.75, 3.05) is 0 Å². The lowest BCUT2D eigenvalue weighted by Gasteiger charge is -2.08. The molecular formula is C13H11ClF3NO. The standard InChI is InChI=1S/C13H11ClF3NO/c1-7(2)18-6-10(12(19)13(15,16)17)9-4-3-8(14)5-11(9)18/h3-7H,1-2H3. The summed E-state index contributed by atoms with van der Waals surface area (Å²) in [6.07, 6.45) is -3.64. The van der Waals surface area contributed by atoms with Crippen molar-refractivity contribution in [2.24, 2.45) is 0 Å². The SMILES string of the molecule is CC(C)n1cc(C(=O)C(F)(F)F)c2ccc(Cl)cc21. The number of carbonyl (C=O) groups excluding carboxylic acids is 1. The summed E-state index contributed by atoms with van der Waals surface area (Å²) in [5.41, 5.74) is 0.183. The Morgan fingerprint density at radius 2 is 1.95 bits per heavy atom. The van der Waals surface area contributed by atoms with Gasteiger partial charge in [0.15, 0.2) is 0 Å². The van der Waals surface area contributed by atoms with Crippen molar-refractivity contribution in [3.63, 3.8) is 0 Å². The van der Waals surface area contributed by atoms with Crippen LogP contribution in [0, 0.1) is 0 Å². The fraction of sp³-hybridized carbons (Fsp3) is 0.308. The van der Waals surface area contributed by atoms with Gasteiger partial charge in [-0.1, -0.05) is 17.7 Å². The van der Waals surface area contributed by atoms with Crippen LogP contribution in [-0.2, 0) is 0 Å². The Kier molecular flexibility index (Phi) is 3.34. The molecule has 0 aliphatic rings. The van der Waals surface area contributed by atoms with Crippen molar-refractivity contribution in [3.05, 3.63) is 35.0 Å². The Bertz CT molecular complexity index is 643. The number of halogens is 4. The van der Waals surface area contributed by atoms with Crippen LogP contribution < -0.4 is 0 Å². The lowest BCUT2D eigenvalue weighted by atomic mass is 10.1. The van der Waals surface area contributed by atoms with E-state index in [1.54, 1.807) is 10.6 Å². The van der Waals surface area contributed by atoms with Crippen LogP contribution in [0.2, 0.25) is 5.02 Å². The van der Waals surface area contributed by atoms with Gasteiger partial charge in [-0.3, -0.25) is 4.79 Å². The maximum atomic E-state index is 12.6. The zero-order valence-corrected chi connectivity index (χ0v) is 11.0. The monoisotopic (exact) mass is 289 g/mol. The van der Waals surface area contributed by atoms with E-state index in [0.717, 1.165) is 0 Å².